The van der Waals surface area contributed by atoms with Crippen LogP contribution in [0, 0.1) is 5.92 Å². The van der Waals surface area contributed by atoms with Gasteiger partial charge in [0, 0.05) is 6.61 Å². The number of primary amides is 1. The first-order valence-electron chi connectivity index (χ1n) is 5.23. The molecular formula is C10H18N2O3. The highest BCUT2D eigenvalue weighted by molar-refractivity contribution is 5.88. The Hall–Kier alpha value is -1.10. The Labute approximate surface area is 89.3 Å². The fourth-order valence-electron chi connectivity index (χ4n) is 1.60. The molecule has 0 spiro atoms. The highest BCUT2D eigenvalue weighted by Crippen LogP contribution is 2.12. The third kappa shape index (κ3) is 3.20. The van der Waals surface area contributed by atoms with Gasteiger partial charge in [-0.3, -0.25) is 9.59 Å². The number of rotatable bonds is 4. The zero-order chi connectivity index (χ0) is 11.4. The van der Waals surface area contributed by atoms with E-state index >= 15 is 0 Å². The predicted molar refractivity (Wildman–Crippen MR) is 54.9 cm³/mol. The van der Waals surface area contributed by atoms with E-state index in [0.717, 1.165) is 12.8 Å². The maximum atomic E-state index is 11.6. The van der Waals surface area contributed by atoms with Crippen molar-refractivity contribution in [3.8, 4) is 0 Å². The molecule has 0 aliphatic carbocycles. The van der Waals surface area contributed by atoms with Crippen molar-refractivity contribution >= 4 is 11.8 Å². The first-order valence-corrected chi connectivity index (χ1v) is 5.23. The third-order valence-electron chi connectivity index (χ3n) is 2.49. The smallest absolute Gasteiger partial charge is 0.249 e. The van der Waals surface area contributed by atoms with Crippen molar-refractivity contribution in [1.29, 1.82) is 0 Å². The van der Waals surface area contributed by atoms with Crippen LogP contribution < -0.4 is 11.1 Å². The molecule has 0 radical (unpaired) electrons. The molecule has 0 bridgehead atoms. The molecule has 1 saturated heterocycles. The van der Waals surface area contributed by atoms with Crippen molar-refractivity contribution < 1.29 is 14.3 Å². The zero-order valence-electron chi connectivity index (χ0n) is 9.16. The highest BCUT2D eigenvalue weighted by Gasteiger charge is 2.28. The summed E-state index contributed by atoms with van der Waals surface area (Å²) in [6.07, 6.45) is 1.20. The second kappa shape index (κ2) is 5.11. The highest BCUT2D eigenvalue weighted by atomic mass is 16.5. The number of carbonyl (C=O) groups excluding carboxylic acids is 2. The lowest BCUT2D eigenvalue weighted by Crippen LogP contribution is -2.50. The number of hydrogen-bond donors (Lipinski definition) is 2. The molecule has 3 N–H and O–H groups in total. The van der Waals surface area contributed by atoms with Gasteiger partial charge in [0.1, 0.15) is 12.1 Å². The Kier molecular flexibility index (Phi) is 4.08. The first kappa shape index (κ1) is 12.0. The molecule has 1 aliphatic heterocycles. The van der Waals surface area contributed by atoms with Gasteiger partial charge in [0.05, 0.1) is 0 Å². The Balaban J connectivity index is 2.50. The monoisotopic (exact) mass is 214 g/mol. The normalized spacial score (nSPS) is 22.7. The van der Waals surface area contributed by atoms with E-state index in [-0.39, 0.29) is 11.8 Å². The lowest BCUT2D eigenvalue weighted by Gasteiger charge is -2.20. The summed E-state index contributed by atoms with van der Waals surface area (Å²) in [4.78, 5) is 22.7. The molecule has 0 saturated carbocycles. The average Bonchev–Trinajstić information content (AvgIpc) is 2.65. The van der Waals surface area contributed by atoms with Gasteiger partial charge in [0.2, 0.25) is 11.8 Å². The molecule has 0 aromatic carbocycles. The van der Waals surface area contributed by atoms with E-state index in [4.69, 9.17) is 10.5 Å². The maximum absolute atomic E-state index is 11.6. The van der Waals surface area contributed by atoms with Crippen LogP contribution >= 0.6 is 0 Å². The van der Waals surface area contributed by atoms with Crippen LogP contribution in [0.15, 0.2) is 0 Å². The lowest BCUT2D eigenvalue weighted by molar-refractivity contribution is -0.134. The number of nitrogens with two attached hydrogens (primary N) is 1. The minimum absolute atomic E-state index is 0.00662. The largest absolute Gasteiger partial charge is 0.368 e. The molecule has 1 aliphatic rings. The Morgan fingerprint density at radius 3 is 2.53 bits per heavy atom. The van der Waals surface area contributed by atoms with Gasteiger partial charge in [-0.1, -0.05) is 13.8 Å². The van der Waals surface area contributed by atoms with Crippen LogP contribution in [0.25, 0.3) is 0 Å². The fourth-order valence-corrected chi connectivity index (χ4v) is 1.60. The molecule has 5 nitrogen and oxygen atoms in total. The van der Waals surface area contributed by atoms with Gasteiger partial charge in [0.25, 0.3) is 0 Å². The molecule has 0 unspecified atom stereocenters. The van der Waals surface area contributed by atoms with E-state index in [0.29, 0.717) is 6.61 Å². The van der Waals surface area contributed by atoms with Gasteiger partial charge in [-0.15, -0.1) is 0 Å². The predicted octanol–water partition coefficient (Wildman–Crippen LogP) is -0.208. The number of hydrogen-bond acceptors (Lipinski definition) is 3. The number of carbonyl (C=O) groups is 2. The van der Waals surface area contributed by atoms with Crippen LogP contribution in [0.5, 0.6) is 0 Å². The lowest BCUT2D eigenvalue weighted by atomic mass is 10.0. The SMILES string of the molecule is CC(C)[C@@H](NC(=O)[C@@H]1CCCO1)C(N)=O. The van der Waals surface area contributed by atoms with Crippen molar-refractivity contribution in [2.75, 3.05) is 6.61 Å². The number of nitrogens with one attached hydrogen (secondary N) is 1. The molecule has 0 aromatic rings. The van der Waals surface area contributed by atoms with Crippen molar-refractivity contribution in [1.82, 2.24) is 5.32 Å². The van der Waals surface area contributed by atoms with Crippen LogP contribution in [0.1, 0.15) is 26.7 Å². The summed E-state index contributed by atoms with van der Waals surface area (Å²) in [5, 5.41) is 2.62. The van der Waals surface area contributed by atoms with Gasteiger partial charge in [0.15, 0.2) is 0 Å². The van der Waals surface area contributed by atoms with E-state index in [1.165, 1.54) is 0 Å². The minimum Gasteiger partial charge on any atom is -0.368 e. The van der Waals surface area contributed by atoms with E-state index in [9.17, 15) is 9.59 Å². The quantitative estimate of drug-likeness (QED) is 0.679. The average molecular weight is 214 g/mol. The minimum atomic E-state index is -0.610. The molecule has 1 heterocycles. The Morgan fingerprint density at radius 2 is 2.13 bits per heavy atom. The number of amides is 2. The van der Waals surface area contributed by atoms with Crippen molar-refractivity contribution in [2.24, 2.45) is 11.7 Å². The summed E-state index contributed by atoms with van der Waals surface area (Å²) in [7, 11) is 0. The fraction of sp³-hybridized carbons (Fsp3) is 0.800. The first-order chi connectivity index (χ1) is 7.02. The van der Waals surface area contributed by atoms with Crippen LogP contribution in [-0.4, -0.2) is 30.6 Å². The Bertz CT molecular complexity index is 247. The van der Waals surface area contributed by atoms with E-state index in [1.807, 2.05) is 13.8 Å². The van der Waals surface area contributed by atoms with E-state index < -0.39 is 18.1 Å². The second-order valence-corrected chi connectivity index (χ2v) is 4.13. The second-order valence-electron chi connectivity index (χ2n) is 4.13. The molecule has 1 fully saturated rings. The van der Waals surface area contributed by atoms with Crippen LogP contribution in [0.3, 0.4) is 0 Å². The van der Waals surface area contributed by atoms with E-state index in [2.05, 4.69) is 5.32 Å². The van der Waals surface area contributed by atoms with Gasteiger partial charge in [-0.2, -0.15) is 0 Å². The summed E-state index contributed by atoms with van der Waals surface area (Å²) >= 11 is 0. The topological polar surface area (TPSA) is 81.4 Å². The molecule has 5 heteroatoms. The Morgan fingerprint density at radius 1 is 1.47 bits per heavy atom. The van der Waals surface area contributed by atoms with Crippen molar-refractivity contribution in [3.05, 3.63) is 0 Å². The van der Waals surface area contributed by atoms with Crippen molar-refractivity contribution in [3.63, 3.8) is 0 Å². The molecular weight excluding hydrogens is 196 g/mol. The summed E-state index contributed by atoms with van der Waals surface area (Å²) in [6, 6.07) is -0.610. The van der Waals surface area contributed by atoms with Gasteiger partial charge < -0.3 is 15.8 Å². The summed E-state index contributed by atoms with van der Waals surface area (Å²) in [6.45, 7) is 4.29. The molecule has 2 amide bonds. The van der Waals surface area contributed by atoms with Crippen molar-refractivity contribution in [2.45, 2.75) is 38.8 Å². The van der Waals surface area contributed by atoms with Crippen LogP contribution in [0.4, 0.5) is 0 Å². The maximum Gasteiger partial charge on any atom is 0.249 e. The summed E-state index contributed by atoms with van der Waals surface area (Å²) in [5.41, 5.74) is 5.19. The summed E-state index contributed by atoms with van der Waals surface area (Å²) < 4.78 is 5.21. The standard InChI is InChI=1S/C10H18N2O3/c1-6(2)8(9(11)13)12-10(14)7-4-3-5-15-7/h6-8H,3-5H2,1-2H3,(H2,11,13)(H,12,14)/t7-,8+/m0/s1. The van der Waals surface area contributed by atoms with Gasteiger partial charge >= 0.3 is 0 Å². The van der Waals surface area contributed by atoms with E-state index in [1.54, 1.807) is 0 Å². The van der Waals surface area contributed by atoms with Gasteiger partial charge in [-0.05, 0) is 18.8 Å². The molecule has 0 aromatic heterocycles. The molecule has 15 heavy (non-hydrogen) atoms. The molecule has 86 valence electrons. The molecule has 2 atom stereocenters. The van der Waals surface area contributed by atoms with Crippen LogP contribution in [-0.2, 0) is 14.3 Å². The van der Waals surface area contributed by atoms with Crippen LogP contribution in [0.2, 0.25) is 0 Å². The molecule has 1 rings (SSSR count). The number of ether oxygens (including phenoxy) is 1. The van der Waals surface area contributed by atoms with Gasteiger partial charge in [-0.25, -0.2) is 0 Å². The zero-order valence-corrected chi connectivity index (χ0v) is 9.16. The summed E-state index contributed by atoms with van der Waals surface area (Å²) in [5.74, 6) is -0.741. The third-order valence-corrected chi connectivity index (χ3v) is 2.49.